The SMILES string of the molecule is CC(C)(C)c1cncc(OC[C@@H](N)COCc2ccccc2)c1. The summed E-state index contributed by atoms with van der Waals surface area (Å²) in [5, 5.41) is 0. The first-order chi connectivity index (χ1) is 10.9. The van der Waals surface area contributed by atoms with Crippen LogP contribution in [0.15, 0.2) is 48.8 Å². The molecule has 0 aliphatic rings. The minimum atomic E-state index is -0.169. The highest BCUT2D eigenvalue weighted by Gasteiger charge is 2.15. The van der Waals surface area contributed by atoms with Crippen molar-refractivity contribution in [2.45, 2.75) is 38.8 Å². The fourth-order valence-corrected chi connectivity index (χ4v) is 2.06. The van der Waals surface area contributed by atoms with E-state index in [-0.39, 0.29) is 11.5 Å². The molecule has 2 rings (SSSR count). The number of aromatic nitrogens is 1. The molecular formula is C19H26N2O2. The number of nitrogens with zero attached hydrogens (tertiary/aromatic N) is 1. The van der Waals surface area contributed by atoms with E-state index in [0.717, 1.165) is 16.9 Å². The summed E-state index contributed by atoms with van der Waals surface area (Å²) in [6, 6.07) is 11.9. The molecule has 0 saturated carbocycles. The molecule has 23 heavy (non-hydrogen) atoms. The highest BCUT2D eigenvalue weighted by Crippen LogP contribution is 2.24. The minimum Gasteiger partial charge on any atom is -0.490 e. The van der Waals surface area contributed by atoms with E-state index >= 15 is 0 Å². The highest BCUT2D eigenvalue weighted by atomic mass is 16.5. The minimum absolute atomic E-state index is 0.0489. The van der Waals surface area contributed by atoms with Gasteiger partial charge in [-0.05, 0) is 22.6 Å². The Balaban J connectivity index is 1.75. The van der Waals surface area contributed by atoms with Crippen molar-refractivity contribution >= 4 is 0 Å². The summed E-state index contributed by atoms with van der Waals surface area (Å²) >= 11 is 0. The average Bonchev–Trinajstić information content (AvgIpc) is 2.53. The van der Waals surface area contributed by atoms with Crippen molar-refractivity contribution < 1.29 is 9.47 Å². The molecule has 0 amide bonds. The third-order valence-electron chi connectivity index (χ3n) is 3.49. The standard InChI is InChI=1S/C19H26N2O2/c1-19(2,3)16-9-18(11-21-10-16)23-14-17(20)13-22-12-15-7-5-4-6-8-15/h4-11,17H,12-14,20H2,1-3H3/t17-/m0/s1. The van der Waals surface area contributed by atoms with Gasteiger partial charge in [-0.1, -0.05) is 51.1 Å². The van der Waals surface area contributed by atoms with E-state index in [4.69, 9.17) is 15.2 Å². The lowest BCUT2D eigenvalue weighted by atomic mass is 9.88. The molecule has 0 bridgehead atoms. The van der Waals surface area contributed by atoms with Gasteiger partial charge in [0.1, 0.15) is 12.4 Å². The Labute approximate surface area is 138 Å². The summed E-state index contributed by atoms with van der Waals surface area (Å²) in [6.07, 6.45) is 3.59. The molecule has 0 radical (unpaired) electrons. The number of ether oxygens (including phenoxy) is 2. The van der Waals surface area contributed by atoms with Crippen molar-refractivity contribution in [3.8, 4) is 5.75 Å². The smallest absolute Gasteiger partial charge is 0.137 e. The van der Waals surface area contributed by atoms with E-state index in [1.165, 1.54) is 0 Å². The van der Waals surface area contributed by atoms with Gasteiger partial charge in [-0.2, -0.15) is 0 Å². The summed E-state index contributed by atoms with van der Waals surface area (Å²) in [5.74, 6) is 0.746. The highest BCUT2D eigenvalue weighted by molar-refractivity contribution is 5.28. The Kier molecular flexibility index (Phi) is 6.13. The molecule has 4 nitrogen and oxygen atoms in total. The lowest BCUT2D eigenvalue weighted by Gasteiger charge is -2.19. The second-order valence-electron chi connectivity index (χ2n) is 6.73. The van der Waals surface area contributed by atoms with E-state index < -0.39 is 0 Å². The Morgan fingerprint density at radius 2 is 1.83 bits per heavy atom. The van der Waals surface area contributed by atoms with Crippen LogP contribution in [0.25, 0.3) is 0 Å². The van der Waals surface area contributed by atoms with Crippen LogP contribution in [0.3, 0.4) is 0 Å². The predicted octanol–water partition coefficient (Wildman–Crippen LogP) is 3.30. The summed E-state index contributed by atoms with van der Waals surface area (Å²) in [7, 11) is 0. The molecule has 1 aromatic heterocycles. The fraction of sp³-hybridized carbons (Fsp3) is 0.421. The van der Waals surface area contributed by atoms with Crippen molar-refractivity contribution in [1.82, 2.24) is 4.98 Å². The largest absolute Gasteiger partial charge is 0.490 e. The predicted molar refractivity (Wildman–Crippen MR) is 92.5 cm³/mol. The molecule has 0 unspecified atom stereocenters. The van der Waals surface area contributed by atoms with Crippen molar-refractivity contribution in [2.24, 2.45) is 5.73 Å². The molecule has 124 valence electrons. The van der Waals surface area contributed by atoms with Crippen LogP contribution in [0.5, 0.6) is 5.75 Å². The summed E-state index contributed by atoms with van der Waals surface area (Å²) in [6.45, 7) is 7.88. The summed E-state index contributed by atoms with van der Waals surface area (Å²) in [5.41, 5.74) is 8.37. The fourth-order valence-electron chi connectivity index (χ4n) is 2.06. The zero-order valence-corrected chi connectivity index (χ0v) is 14.2. The first-order valence-corrected chi connectivity index (χ1v) is 7.91. The van der Waals surface area contributed by atoms with Gasteiger partial charge in [0.25, 0.3) is 0 Å². The number of hydrogen-bond donors (Lipinski definition) is 1. The maximum Gasteiger partial charge on any atom is 0.137 e. The zero-order chi connectivity index (χ0) is 16.7. The molecule has 0 spiro atoms. The van der Waals surface area contributed by atoms with Gasteiger partial charge in [0.15, 0.2) is 0 Å². The normalized spacial score (nSPS) is 12.9. The molecule has 1 heterocycles. The Bertz CT molecular complexity index is 594. The van der Waals surface area contributed by atoms with Crippen molar-refractivity contribution in [3.63, 3.8) is 0 Å². The molecule has 0 fully saturated rings. The van der Waals surface area contributed by atoms with E-state index in [1.54, 1.807) is 6.20 Å². The van der Waals surface area contributed by atoms with Gasteiger partial charge in [0, 0.05) is 6.20 Å². The Hall–Kier alpha value is -1.91. The number of pyridine rings is 1. The van der Waals surface area contributed by atoms with Gasteiger partial charge < -0.3 is 15.2 Å². The second-order valence-corrected chi connectivity index (χ2v) is 6.73. The van der Waals surface area contributed by atoms with Crippen LogP contribution in [0.4, 0.5) is 0 Å². The summed E-state index contributed by atoms with van der Waals surface area (Å²) < 4.78 is 11.4. The molecule has 4 heteroatoms. The van der Waals surface area contributed by atoms with Crippen LogP contribution in [0.1, 0.15) is 31.9 Å². The maximum absolute atomic E-state index is 6.04. The van der Waals surface area contributed by atoms with Crippen LogP contribution < -0.4 is 10.5 Å². The van der Waals surface area contributed by atoms with Gasteiger partial charge in [-0.25, -0.2) is 0 Å². The van der Waals surface area contributed by atoms with Crippen LogP contribution in [0, 0.1) is 0 Å². The van der Waals surface area contributed by atoms with E-state index in [1.807, 2.05) is 42.6 Å². The van der Waals surface area contributed by atoms with Crippen molar-refractivity contribution in [3.05, 3.63) is 59.9 Å². The van der Waals surface area contributed by atoms with E-state index in [9.17, 15) is 0 Å². The third-order valence-corrected chi connectivity index (χ3v) is 3.49. The van der Waals surface area contributed by atoms with Gasteiger partial charge in [0.05, 0.1) is 25.5 Å². The van der Waals surface area contributed by atoms with E-state index in [0.29, 0.717) is 19.8 Å². The topological polar surface area (TPSA) is 57.4 Å². The van der Waals surface area contributed by atoms with Crippen LogP contribution >= 0.6 is 0 Å². The van der Waals surface area contributed by atoms with Crippen molar-refractivity contribution in [1.29, 1.82) is 0 Å². The van der Waals surface area contributed by atoms with Crippen LogP contribution in [-0.4, -0.2) is 24.2 Å². The second kappa shape index (κ2) is 8.09. The van der Waals surface area contributed by atoms with E-state index in [2.05, 4.69) is 25.8 Å². The number of rotatable bonds is 7. The molecule has 0 aliphatic carbocycles. The van der Waals surface area contributed by atoms with Gasteiger partial charge in [0.2, 0.25) is 0 Å². The first-order valence-electron chi connectivity index (χ1n) is 7.91. The van der Waals surface area contributed by atoms with Gasteiger partial charge in [-0.15, -0.1) is 0 Å². The molecule has 2 N–H and O–H groups in total. The molecule has 1 aromatic carbocycles. The quantitative estimate of drug-likeness (QED) is 0.852. The van der Waals surface area contributed by atoms with Gasteiger partial charge >= 0.3 is 0 Å². The van der Waals surface area contributed by atoms with Crippen LogP contribution in [0.2, 0.25) is 0 Å². The number of nitrogens with two attached hydrogens (primary N) is 1. The maximum atomic E-state index is 6.04. The molecule has 0 aliphatic heterocycles. The lowest BCUT2D eigenvalue weighted by Crippen LogP contribution is -2.32. The monoisotopic (exact) mass is 314 g/mol. The Morgan fingerprint density at radius 1 is 1.09 bits per heavy atom. The first kappa shape index (κ1) is 17.4. The molecular weight excluding hydrogens is 288 g/mol. The number of benzene rings is 1. The third kappa shape index (κ3) is 6.00. The Morgan fingerprint density at radius 3 is 2.52 bits per heavy atom. The summed E-state index contributed by atoms with van der Waals surface area (Å²) in [4.78, 5) is 4.23. The molecule has 0 saturated heterocycles. The lowest BCUT2D eigenvalue weighted by molar-refractivity contribution is 0.0935. The zero-order valence-electron chi connectivity index (χ0n) is 14.2. The molecule has 2 aromatic rings. The molecule has 1 atom stereocenters. The van der Waals surface area contributed by atoms with Crippen LogP contribution in [-0.2, 0) is 16.8 Å². The van der Waals surface area contributed by atoms with Crippen molar-refractivity contribution in [2.75, 3.05) is 13.2 Å². The number of hydrogen-bond acceptors (Lipinski definition) is 4. The average molecular weight is 314 g/mol. The van der Waals surface area contributed by atoms with Gasteiger partial charge in [-0.3, -0.25) is 4.98 Å².